The minimum atomic E-state index is -4.43. The molecule has 4 rings (SSSR count). The standard InChI is InChI=1S/C25H31ClF3N5O/c26-20-4-6-23(7-5-20)33-11-2-9-32(13-14-33)12-8-24(35)34-10-1-3-21(18-34)31-22-15-19(16-30-17-22)25(27,28)29/h4-7,15-17,21,31H,1-3,8-14,18H2/t21-/m0/s1. The molecular weight excluding hydrogens is 479 g/mol. The summed E-state index contributed by atoms with van der Waals surface area (Å²) < 4.78 is 38.9. The van der Waals surface area contributed by atoms with E-state index in [2.05, 4.69) is 20.1 Å². The molecule has 0 bridgehead atoms. The number of pyridine rings is 1. The Labute approximate surface area is 209 Å². The SMILES string of the molecule is O=C(CCN1CCCN(c2ccc(Cl)cc2)CC1)N1CCC[C@H](Nc2cncc(C(F)(F)F)c2)C1. The topological polar surface area (TPSA) is 51.7 Å². The first-order valence-corrected chi connectivity index (χ1v) is 12.5. The van der Waals surface area contributed by atoms with Gasteiger partial charge in [0.05, 0.1) is 11.3 Å². The lowest BCUT2D eigenvalue weighted by molar-refractivity contribution is -0.137. The van der Waals surface area contributed by atoms with Gasteiger partial charge in [0.25, 0.3) is 0 Å². The fraction of sp³-hybridized carbons (Fsp3) is 0.520. The second-order valence-electron chi connectivity index (χ2n) is 9.19. The van der Waals surface area contributed by atoms with Crippen LogP contribution >= 0.6 is 11.6 Å². The van der Waals surface area contributed by atoms with E-state index in [1.807, 2.05) is 29.2 Å². The van der Waals surface area contributed by atoms with Gasteiger partial charge in [-0.2, -0.15) is 13.2 Å². The number of likely N-dealkylation sites (tertiary alicyclic amines) is 1. The highest BCUT2D eigenvalue weighted by Gasteiger charge is 2.31. The molecule has 1 amide bonds. The molecule has 2 fully saturated rings. The molecule has 0 saturated carbocycles. The van der Waals surface area contributed by atoms with Crippen molar-refractivity contribution in [2.75, 3.05) is 56.0 Å². The smallest absolute Gasteiger partial charge is 0.379 e. The number of rotatable bonds is 6. The molecule has 1 N–H and O–H groups in total. The van der Waals surface area contributed by atoms with E-state index in [-0.39, 0.29) is 11.9 Å². The summed E-state index contributed by atoms with van der Waals surface area (Å²) >= 11 is 6.00. The van der Waals surface area contributed by atoms with Crippen LogP contribution in [-0.4, -0.2) is 72.5 Å². The second-order valence-corrected chi connectivity index (χ2v) is 9.63. The lowest BCUT2D eigenvalue weighted by Crippen LogP contribution is -2.46. The third kappa shape index (κ3) is 7.24. The number of hydrogen-bond donors (Lipinski definition) is 1. The van der Waals surface area contributed by atoms with Gasteiger partial charge >= 0.3 is 6.18 Å². The number of alkyl halides is 3. The number of hydrogen-bond acceptors (Lipinski definition) is 5. The number of nitrogens with zero attached hydrogens (tertiary/aromatic N) is 4. The highest BCUT2D eigenvalue weighted by molar-refractivity contribution is 6.30. The summed E-state index contributed by atoms with van der Waals surface area (Å²) in [6.07, 6.45) is 0.860. The number of amides is 1. The lowest BCUT2D eigenvalue weighted by atomic mass is 10.0. The fourth-order valence-electron chi connectivity index (χ4n) is 4.75. The molecule has 35 heavy (non-hydrogen) atoms. The van der Waals surface area contributed by atoms with Crippen LogP contribution in [-0.2, 0) is 11.0 Å². The van der Waals surface area contributed by atoms with Crippen molar-refractivity contribution in [2.24, 2.45) is 0 Å². The van der Waals surface area contributed by atoms with E-state index in [0.717, 1.165) is 68.4 Å². The van der Waals surface area contributed by atoms with Crippen LogP contribution in [0, 0.1) is 0 Å². The Bertz CT molecular complexity index is 988. The predicted octanol–water partition coefficient (Wildman–Crippen LogP) is 4.76. The summed E-state index contributed by atoms with van der Waals surface area (Å²) in [6, 6.07) is 8.87. The third-order valence-corrected chi connectivity index (χ3v) is 6.88. The summed E-state index contributed by atoms with van der Waals surface area (Å²) in [5.41, 5.74) is 0.711. The molecule has 0 spiro atoms. The number of anilines is 2. The largest absolute Gasteiger partial charge is 0.417 e. The van der Waals surface area contributed by atoms with E-state index >= 15 is 0 Å². The van der Waals surface area contributed by atoms with Gasteiger partial charge in [-0.25, -0.2) is 0 Å². The van der Waals surface area contributed by atoms with Crippen LogP contribution in [0.4, 0.5) is 24.5 Å². The van der Waals surface area contributed by atoms with Crippen LogP contribution in [0.5, 0.6) is 0 Å². The summed E-state index contributed by atoms with van der Waals surface area (Å²) in [5.74, 6) is 0.0949. The molecule has 2 aliphatic rings. The predicted molar refractivity (Wildman–Crippen MR) is 132 cm³/mol. The molecule has 1 aromatic heterocycles. The van der Waals surface area contributed by atoms with Crippen molar-refractivity contribution in [2.45, 2.75) is 37.9 Å². The quantitative estimate of drug-likeness (QED) is 0.608. The van der Waals surface area contributed by atoms with Crippen molar-refractivity contribution in [1.29, 1.82) is 0 Å². The van der Waals surface area contributed by atoms with Crippen LogP contribution in [0.25, 0.3) is 0 Å². The van der Waals surface area contributed by atoms with Crippen molar-refractivity contribution < 1.29 is 18.0 Å². The molecule has 1 aromatic carbocycles. The zero-order valence-electron chi connectivity index (χ0n) is 19.6. The Hall–Kier alpha value is -2.52. The average Bonchev–Trinajstić information content (AvgIpc) is 3.09. The number of carbonyl (C=O) groups excluding carboxylic acids is 1. The lowest BCUT2D eigenvalue weighted by Gasteiger charge is -2.34. The van der Waals surface area contributed by atoms with Crippen LogP contribution in [0.2, 0.25) is 5.02 Å². The molecule has 1 atom stereocenters. The van der Waals surface area contributed by atoms with Gasteiger partial charge in [-0.1, -0.05) is 11.6 Å². The van der Waals surface area contributed by atoms with Crippen molar-refractivity contribution in [3.63, 3.8) is 0 Å². The zero-order valence-corrected chi connectivity index (χ0v) is 20.4. The average molecular weight is 510 g/mol. The van der Waals surface area contributed by atoms with E-state index < -0.39 is 11.7 Å². The van der Waals surface area contributed by atoms with Gasteiger partial charge < -0.3 is 20.0 Å². The van der Waals surface area contributed by atoms with Gasteiger partial charge in [-0.05, 0) is 56.1 Å². The molecular formula is C25H31ClF3N5O. The summed E-state index contributed by atoms with van der Waals surface area (Å²) in [4.78, 5) is 23.1. The van der Waals surface area contributed by atoms with Crippen LogP contribution in [0.3, 0.4) is 0 Å². The minimum absolute atomic E-state index is 0.0934. The molecule has 2 saturated heterocycles. The van der Waals surface area contributed by atoms with Gasteiger partial charge in [0, 0.05) is 74.8 Å². The normalized spacial score (nSPS) is 19.9. The molecule has 3 heterocycles. The number of carbonyl (C=O) groups is 1. The molecule has 6 nitrogen and oxygen atoms in total. The van der Waals surface area contributed by atoms with Crippen molar-refractivity contribution >= 4 is 28.9 Å². The van der Waals surface area contributed by atoms with E-state index in [4.69, 9.17) is 11.6 Å². The number of benzene rings is 1. The monoisotopic (exact) mass is 509 g/mol. The maximum atomic E-state index is 13.0. The maximum Gasteiger partial charge on any atom is 0.417 e. The first-order chi connectivity index (χ1) is 16.8. The van der Waals surface area contributed by atoms with Crippen molar-refractivity contribution in [3.8, 4) is 0 Å². The summed E-state index contributed by atoms with van der Waals surface area (Å²) in [6.45, 7) is 5.58. The van der Waals surface area contributed by atoms with Gasteiger partial charge in [0.1, 0.15) is 0 Å². The second kappa shape index (κ2) is 11.5. The molecule has 10 heteroatoms. The van der Waals surface area contributed by atoms with Crippen molar-refractivity contribution in [1.82, 2.24) is 14.8 Å². The summed E-state index contributed by atoms with van der Waals surface area (Å²) in [7, 11) is 0. The molecule has 0 unspecified atom stereocenters. The Balaban J connectivity index is 1.24. The Morgan fingerprint density at radius 1 is 1.06 bits per heavy atom. The number of aromatic nitrogens is 1. The zero-order chi connectivity index (χ0) is 24.8. The van der Waals surface area contributed by atoms with Gasteiger partial charge in [-0.15, -0.1) is 0 Å². The molecule has 2 aliphatic heterocycles. The number of piperidine rings is 1. The summed E-state index contributed by atoms with van der Waals surface area (Å²) in [5, 5.41) is 3.86. The highest BCUT2D eigenvalue weighted by Crippen LogP contribution is 2.30. The van der Waals surface area contributed by atoms with E-state index in [0.29, 0.717) is 31.7 Å². The Morgan fingerprint density at radius 2 is 1.86 bits per heavy atom. The highest BCUT2D eigenvalue weighted by atomic mass is 35.5. The first kappa shape index (κ1) is 25.6. The van der Waals surface area contributed by atoms with E-state index in [1.165, 1.54) is 6.20 Å². The minimum Gasteiger partial charge on any atom is -0.379 e. The maximum absolute atomic E-state index is 13.0. The fourth-order valence-corrected chi connectivity index (χ4v) is 4.87. The van der Waals surface area contributed by atoms with Crippen LogP contribution in [0.1, 0.15) is 31.2 Å². The third-order valence-electron chi connectivity index (χ3n) is 6.63. The van der Waals surface area contributed by atoms with Gasteiger partial charge in [0.15, 0.2) is 0 Å². The first-order valence-electron chi connectivity index (χ1n) is 12.1. The molecule has 0 radical (unpaired) electrons. The Kier molecular flexibility index (Phi) is 8.38. The molecule has 190 valence electrons. The molecule has 2 aromatic rings. The van der Waals surface area contributed by atoms with Crippen LogP contribution < -0.4 is 10.2 Å². The van der Waals surface area contributed by atoms with E-state index in [1.54, 1.807) is 0 Å². The van der Waals surface area contributed by atoms with Gasteiger partial charge in [0.2, 0.25) is 5.91 Å². The van der Waals surface area contributed by atoms with Gasteiger partial charge in [-0.3, -0.25) is 9.78 Å². The molecule has 0 aliphatic carbocycles. The van der Waals surface area contributed by atoms with E-state index in [9.17, 15) is 18.0 Å². The number of halogens is 4. The van der Waals surface area contributed by atoms with Crippen LogP contribution in [0.15, 0.2) is 42.7 Å². The Morgan fingerprint density at radius 3 is 2.63 bits per heavy atom. The van der Waals surface area contributed by atoms with Crippen molar-refractivity contribution in [3.05, 3.63) is 53.3 Å². The number of nitrogens with one attached hydrogen (secondary N) is 1.